The highest BCUT2D eigenvalue weighted by molar-refractivity contribution is 9.10. The summed E-state index contributed by atoms with van der Waals surface area (Å²) >= 11 is 3.28. The van der Waals surface area contributed by atoms with E-state index >= 15 is 0 Å². The fraction of sp³-hybridized carbons (Fsp3) is 0.222. The first kappa shape index (κ1) is 10.1. The average molecular weight is 244 g/mol. The number of hydrogen-bond donors (Lipinski definition) is 1. The zero-order valence-corrected chi connectivity index (χ0v) is 8.80. The molecule has 0 atom stereocenters. The van der Waals surface area contributed by atoms with E-state index in [1.807, 2.05) is 6.92 Å². The lowest BCUT2D eigenvalue weighted by molar-refractivity contribution is 0.1000. The molecule has 0 aliphatic heterocycles. The Labute approximate surface area is 85.0 Å². The fourth-order valence-electron chi connectivity index (χ4n) is 0.927. The van der Waals surface area contributed by atoms with Crippen LogP contribution in [0.15, 0.2) is 22.7 Å². The van der Waals surface area contributed by atoms with Crippen LogP contribution >= 0.6 is 15.9 Å². The number of benzene rings is 1. The number of carbonyl (C=O) groups is 1. The second-order valence-electron chi connectivity index (χ2n) is 2.44. The summed E-state index contributed by atoms with van der Waals surface area (Å²) < 4.78 is 6.01. The summed E-state index contributed by atoms with van der Waals surface area (Å²) in [6, 6.07) is 5.00. The standard InChI is InChI=1S/C9H10BrNO2/c1-2-13-8-4-3-6(9(11)12)5-7(8)10/h3-5H,2H2,1H3,(H2,11,12). The van der Waals surface area contributed by atoms with E-state index in [0.29, 0.717) is 17.9 Å². The van der Waals surface area contributed by atoms with E-state index < -0.39 is 5.91 Å². The van der Waals surface area contributed by atoms with E-state index in [-0.39, 0.29) is 0 Å². The van der Waals surface area contributed by atoms with Crippen LogP contribution in [-0.4, -0.2) is 12.5 Å². The molecule has 0 aliphatic carbocycles. The van der Waals surface area contributed by atoms with Crippen molar-refractivity contribution in [1.29, 1.82) is 0 Å². The molecule has 0 spiro atoms. The Kier molecular flexibility index (Phi) is 3.31. The molecule has 0 unspecified atom stereocenters. The smallest absolute Gasteiger partial charge is 0.248 e. The maximum absolute atomic E-state index is 10.8. The van der Waals surface area contributed by atoms with Gasteiger partial charge in [0.1, 0.15) is 5.75 Å². The molecule has 0 aliphatic rings. The number of halogens is 1. The molecule has 3 nitrogen and oxygen atoms in total. The second-order valence-corrected chi connectivity index (χ2v) is 3.30. The van der Waals surface area contributed by atoms with E-state index in [9.17, 15) is 4.79 Å². The van der Waals surface area contributed by atoms with Crippen LogP contribution in [0.1, 0.15) is 17.3 Å². The lowest BCUT2D eigenvalue weighted by atomic mass is 10.2. The predicted octanol–water partition coefficient (Wildman–Crippen LogP) is 1.95. The molecule has 4 heteroatoms. The molecular formula is C9H10BrNO2. The summed E-state index contributed by atoms with van der Waals surface area (Å²) in [4.78, 5) is 10.8. The third-order valence-corrected chi connectivity index (χ3v) is 2.14. The van der Waals surface area contributed by atoms with Gasteiger partial charge in [-0.1, -0.05) is 0 Å². The topological polar surface area (TPSA) is 52.3 Å². The van der Waals surface area contributed by atoms with Gasteiger partial charge in [-0.15, -0.1) is 0 Å². The average Bonchev–Trinajstić information content (AvgIpc) is 2.08. The molecule has 1 aromatic carbocycles. The highest BCUT2D eigenvalue weighted by atomic mass is 79.9. The number of hydrogen-bond acceptors (Lipinski definition) is 2. The summed E-state index contributed by atoms with van der Waals surface area (Å²) in [5.74, 6) is 0.274. The Morgan fingerprint density at radius 3 is 2.77 bits per heavy atom. The van der Waals surface area contributed by atoms with Crippen molar-refractivity contribution < 1.29 is 9.53 Å². The Bertz CT molecular complexity index is 325. The lowest BCUT2D eigenvalue weighted by Crippen LogP contribution is -2.10. The van der Waals surface area contributed by atoms with Crippen LogP contribution < -0.4 is 10.5 Å². The van der Waals surface area contributed by atoms with Gasteiger partial charge in [-0.05, 0) is 41.1 Å². The highest BCUT2D eigenvalue weighted by Crippen LogP contribution is 2.25. The van der Waals surface area contributed by atoms with Crippen LogP contribution in [0.4, 0.5) is 0 Å². The van der Waals surface area contributed by atoms with Gasteiger partial charge >= 0.3 is 0 Å². The van der Waals surface area contributed by atoms with E-state index in [0.717, 1.165) is 4.47 Å². The molecule has 0 saturated carbocycles. The first-order valence-corrected chi connectivity index (χ1v) is 4.66. The van der Waals surface area contributed by atoms with Crippen LogP contribution in [0.2, 0.25) is 0 Å². The van der Waals surface area contributed by atoms with Gasteiger partial charge < -0.3 is 10.5 Å². The minimum Gasteiger partial charge on any atom is -0.493 e. The SMILES string of the molecule is CCOc1ccc(C(N)=O)cc1Br. The van der Waals surface area contributed by atoms with E-state index in [1.54, 1.807) is 18.2 Å². The first-order chi connectivity index (χ1) is 6.15. The minimum atomic E-state index is -0.441. The van der Waals surface area contributed by atoms with Crippen LogP contribution in [0.3, 0.4) is 0 Å². The third kappa shape index (κ3) is 2.45. The summed E-state index contributed by atoms with van der Waals surface area (Å²) in [5.41, 5.74) is 5.57. The zero-order chi connectivity index (χ0) is 9.84. The first-order valence-electron chi connectivity index (χ1n) is 3.87. The number of rotatable bonds is 3. The summed E-state index contributed by atoms with van der Waals surface area (Å²) in [7, 11) is 0. The van der Waals surface area contributed by atoms with Crippen molar-refractivity contribution in [3.05, 3.63) is 28.2 Å². The molecule has 13 heavy (non-hydrogen) atoms. The van der Waals surface area contributed by atoms with E-state index in [1.165, 1.54) is 0 Å². The number of carbonyl (C=O) groups excluding carboxylic acids is 1. The van der Waals surface area contributed by atoms with Crippen molar-refractivity contribution in [1.82, 2.24) is 0 Å². The van der Waals surface area contributed by atoms with Gasteiger partial charge in [0.25, 0.3) is 0 Å². The van der Waals surface area contributed by atoms with Crippen molar-refractivity contribution in [3.63, 3.8) is 0 Å². The molecule has 1 rings (SSSR count). The van der Waals surface area contributed by atoms with Gasteiger partial charge in [0.2, 0.25) is 5.91 Å². The molecule has 0 saturated heterocycles. The van der Waals surface area contributed by atoms with Gasteiger partial charge in [-0.25, -0.2) is 0 Å². The Hall–Kier alpha value is -1.03. The number of amides is 1. The molecule has 0 heterocycles. The van der Waals surface area contributed by atoms with Crippen LogP contribution in [-0.2, 0) is 0 Å². The summed E-state index contributed by atoms with van der Waals surface area (Å²) in [6.45, 7) is 2.49. The van der Waals surface area contributed by atoms with E-state index in [2.05, 4.69) is 15.9 Å². The fourth-order valence-corrected chi connectivity index (χ4v) is 1.42. The maximum atomic E-state index is 10.8. The van der Waals surface area contributed by atoms with Gasteiger partial charge in [-0.2, -0.15) is 0 Å². The largest absolute Gasteiger partial charge is 0.493 e. The third-order valence-electron chi connectivity index (χ3n) is 1.52. The monoisotopic (exact) mass is 243 g/mol. The molecule has 70 valence electrons. The van der Waals surface area contributed by atoms with E-state index in [4.69, 9.17) is 10.5 Å². The minimum absolute atomic E-state index is 0.441. The normalized spacial score (nSPS) is 9.69. The Balaban J connectivity index is 2.98. The van der Waals surface area contributed by atoms with Crippen molar-refractivity contribution in [3.8, 4) is 5.75 Å². The number of nitrogens with two attached hydrogens (primary N) is 1. The molecule has 0 aromatic heterocycles. The van der Waals surface area contributed by atoms with Crippen molar-refractivity contribution in [2.45, 2.75) is 6.92 Å². The van der Waals surface area contributed by atoms with Gasteiger partial charge in [0.05, 0.1) is 11.1 Å². The van der Waals surface area contributed by atoms with Gasteiger partial charge in [-0.3, -0.25) is 4.79 Å². The molecule has 0 radical (unpaired) electrons. The summed E-state index contributed by atoms with van der Waals surface area (Å²) in [6.07, 6.45) is 0. The van der Waals surface area contributed by atoms with Gasteiger partial charge in [0.15, 0.2) is 0 Å². The highest BCUT2D eigenvalue weighted by Gasteiger charge is 2.04. The Morgan fingerprint density at radius 2 is 2.31 bits per heavy atom. The Morgan fingerprint density at radius 1 is 1.62 bits per heavy atom. The maximum Gasteiger partial charge on any atom is 0.248 e. The van der Waals surface area contributed by atoms with Crippen molar-refractivity contribution in [2.24, 2.45) is 5.73 Å². The van der Waals surface area contributed by atoms with Crippen molar-refractivity contribution >= 4 is 21.8 Å². The molecule has 1 amide bonds. The lowest BCUT2D eigenvalue weighted by Gasteiger charge is -2.05. The summed E-state index contributed by atoms with van der Waals surface area (Å²) in [5, 5.41) is 0. The molecule has 0 bridgehead atoms. The molecule has 0 fully saturated rings. The van der Waals surface area contributed by atoms with Crippen LogP contribution in [0.25, 0.3) is 0 Å². The molecular weight excluding hydrogens is 234 g/mol. The van der Waals surface area contributed by atoms with Crippen LogP contribution in [0, 0.1) is 0 Å². The number of ether oxygens (including phenoxy) is 1. The number of primary amides is 1. The van der Waals surface area contributed by atoms with Crippen molar-refractivity contribution in [2.75, 3.05) is 6.61 Å². The quantitative estimate of drug-likeness (QED) is 0.883. The van der Waals surface area contributed by atoms with Gasteiger partial charge in [0, 0.05) is 5.56 Å². The zero-order valence-electron chi connectivity index (χ0n) is 7.21. The predicted molar refractivity (Wildman–Crippen MR) is 53.8 cm³/mol. The molecule has 1 aromatic rings. The van der Waals surface area contributed by atoms with Crippen LogP contribution in [0.5, 0.6) is 5.75 Å². The second kappa shape index (κ2) is 4.28. The molecule has 2 N–H and O–H groups in total.